The van der Waals surface area contributed by atoms with Gasteiger partial charge < -0.3 is 9.84 Å². The van der Waals surface area contributed by atoms with Crippen molar-refractivity contribution in [1.82, 2.24) is 4.31 Å². The molecule has 0 spiro atoms. The van der Waals surface area contributed by atoms with Crippen LogP contribution in [0.3, 0.4) is 0 Å². The lowest BCUT2D eigenvalue weighted by molar-refractivity contribution is -0.141. The van der Waals surface area contributed by atoms with E-state index in [4.69, 9.17) is 4.74 Å². The average Bonchev–Trinajstić information content (AvgIpc) is 2.74. The second kappa shape index (κ2) is 7.69. The van der Waals surface area contributed by atoms with E-state index in [0.29, 0.717) is 11.5 Å². The van der Waals surface area contributed by atoms with Crippen LogP contribution < -0.4 is 4.74 Å². The van der Waals surface area contributed by atoms with E-state index in [1.54, 1.807) is 24.3 Å². The Morgan fingerprint density at radius 3 is 2.10 bits per heavy atom. The maximum atomic E-state index is 13.2. The fourth-order valence-electron chi connectivity index (χ4n) is 3.40. The van der Waals surface area contributed by atoms with Crippen LogP contribution in [0.25, 0.3) is 0 Å². The number of sulfonamides is 1. The van der Waals surface area contributed by atoms with Crippen LogP contribution in [0.5, 0.6) is 11.5 Å². The first-order chi connectivity index (χ1) is 13.9. The van der Waals surface area contributed by atoms with Crippen LogP contribution in [0.2, 0.25) is 0 Å². The zero-order valence-corrected chi connectivity index (χ0v) is 16.2. The zero-order valence-electron chi connectivity index (χ0n) is 15.4. The molecule has 0 amide bonds. The molecule has 0 fully saturated rings. The van der Waals surface area contributed by atoms with Gasteiger partial charge in [0.2, 0.25) is 10.0 Å². The van der Waals surface area contributed by atoms with Gasteiger partial charge in [0.15, 0.2) is 0 Å². The number of nitrogens with zero attached hydrogens (tertiary/aromatic N) is 1. The van der Waals surface area contributed by atoms with Crippen molar-refractivity contribution in [3.8, 4) is 11.5 Å². The molecule has 29 heavy (non-hydrogen) atoms. The number of aliphatic carboxylic acids is 1. The molecule has 148 valence electrons. The van der Waals surface area contributed by atoms with Gasteiger partial charge in [0, 0.05) is 13.0 Å². The van der Waals surface area contributed by atoms with Gasteiger partial charge >= 0.3 is 5.97 Å². The first kappa shape index (κ1) is 19.2. The summed E-state index contributed by atoms with van der Waals surface area (Å²) in [5.74, 6) is -0.0253. The third kappa shape index (κ3) is 3.87. The summed E-state index contributed by atoms with van der Waals surface area (Å²) in [5.41, 5.74) is 1.68. The predicted octanol–water partition coefficient (Wildman–Crippen LogP) is 3.68. The molecule has 7 heteroatoms. The van der Waals surface area contributed by atoms with Crippen molar-refractivity contribution < 1.29 is 23.1 Å². The Bertz CT molecular complexity index is 1130. The number of fused-ring (bicyclic) bond motifs is 1. The van der Waals surface area contributed by atoms with Crippen molar-refractivity contribution in [1.29, 1.82) is 0 Å². The largest absolute Gasteiger partial charge is 0.480 e. The Morgan fingerprint density at radius 1 is 0.862 bits per heavy atom. The van der Waals surface area contributed by atoms with E-state index in [1.807, 2.05) is 42.5 Å². The minimum atomic E-state index is -3.99. The Kier molecular flexibility index (Phi) is 5.08. The first-order valence-corrected chi connectivity index (χ1v) is 10.5. The Morgan fingerprint density at radius 2 is 1.45 bits per heavy atom. The molecule has 1 aliphatic heterocycles. The first-order valence-electron chi connectivity index (χ1n) is 9.09. The van der Waals surface area contributed by atoms with Gasteiger partial charge in [-0.15, -0.1) is 0 Å². The van der Waals surface area contributed by atoms with E-state index in [1.165, 1.54) is 12.1 Å². The minimum Gasteiger partial charge on any atom is -0.480 e. The van der Waals surface area contributed by atoms with Crippen molar-refractivity contribution in [2.45, 2.75) is 23.9 Å². The summed E-state index contributed by atoms with van der Waals surface area (Å²) in [7, 11) is -3.99. The lowest BCUT2D eigenvalue weighted by Gasteiger charge is -2.33. The van der Waals surface area contributed by atoms with E-state index < -0.39 is 22.0 Å². The number of hydrogen-bond donors (Lipinski definition) is 1. The van der Waals surface area contributed by atoms with E-state index in [2.05, 4.69) is 0 Å². The number of benzene rings is 3. The number of ether oxygens (including phenoxy) is 1. The van der Waals surface area contributed by atoms with E-state index in [9.17, 15) is 18.3 Å². The van der Waals surface area contributed by atoms with Crippen LogP contribution in [0.4, 0.5) is 0 Å². The Balaban J connectivity index is 1.62. The Hall–Kier alpha value is -3.16. The second-order valence-electron chi connectivity index (χ2n) is 6.76. The highest BCUT2D eigenvalue weighted by Crippen LogP contribution is 2.30. The summed E-state index contributed by atoms with van der Waals surface area (Å²) in [5, 5.41) is 9.63. The van der Waals surface area contributed by atoms with Crippen LogP contribution >= 0.6 is 0 Å². The molecular weight excluding hydrogens is 390 g/mol. The molecule has 1 aliphatic rings. The third-order valence-corrected chi connectivity index (χ3v) is 6.77. The molecule has 6 nitrogen and oxygen atoms in total. The molecule has 0 bridgehead atoms. The maximum Gasteiger partial charge on any atom is 0.322 e. The van der Waals surface area contributed by atoms with Gasteiger partial charge in [0.1, 0.15) is 17.5 Å². The van der Waals surface area contributed by atoms with Crippen LogP contribution in [-0.2, 0) is 27.8 Å². The van der Waals surface area contributed by atoms with Gasteiger partial charge in [0.05, 0.1) is 4.90 Å². The number of hydrogen-bond acceptors (Lipinski definition) is 4. The van der Waals surface area contributed by atoms with Gasteiger partial charge in [0.25, 0.3) is 0 Å². The predicted molar refractivity (Wildman–Crippen MR) is 107 cm³/mol. The smallest absolute Gasteiger partial charge is 0.322 e. The standard InChI is InChI=1S/C22H19NO5S/c24-22(25)21-14-16-6-4-5-7-17(16)15-23(21)29(26,27)20-12-10-19(11-13-20)28-18-8-2-1-3-9-18/h1-13,21H,14-15H2,(H,24,25). The second-order valence-corrected chi connectivity index (χ2v) is 8.65. The number of carbonyl (C=O) groups is 1. The highest BCUT2D eigenvalue weighted by atomic mass is 32.2. The topological polar surface area (TPSA) is 83.9 Å². The fourth-order valence-corrected chi connectivity index (χ4v) is 4.96. The third-order valence-electron chi connectivity index (χ3n) is 4.90. The highest BCUT2D eigenvalue weighted by Gasteiger charge is 2.39. The summed E-state index contributed by atoms with van der Waals surface area (Å²) >= 11 is 0. The van der Waals surface area contributed by atoms with Crippen LogP contribution in [0.15, 0.2) is 83.8 Å². The van der Waals surface area contributed by atoms with Crippen LogP contribution in [0.1, 0.15) is 11.1 Å². The zero-order chi connectivity index (χ0) is 20.4. The van der Waals surface area contributed by atoms with Crippen molar-refractivity contribution in [2.24, 2.45) is 0 Å². The van der Waals surface area contributed by atoms with Crippen LogP contribution in [-0.4, -0.2) is 29.8 Å². The van der Waals surface area contributed by atoms with Crippen LogP contribution in [0, 0.1) is 0 Å². The Labute approximate surface area is 169 Å². The van der Waals surface area contributed by atoms with E-state index in [-0.39, 0.29) is 17.9 Å². The molecule has 0 saturated carbocycles. The lowest BCUT2D eigenvalue weighted by atomic mass is 9.96. The number of para-hydroxylation sites is 1. The van der Waals surface area contributed by atoms with Crippen molar-refractivity contribution >= 4 is 16.0 Å². The number of rotatable bonds is 5. The molecular formula is C22H19NO5S. The van der Waals surface area contributed by atoms with Gasteiger partial charge in [-0.3, -0.25) is 4.79 Å². The highest BCUT2D eigenvalue weighted by molar-refractivity contribution is 7.89. The van der Waals surface area contributed by atoms with Crippen molar-refractivity contribution in [3.63, 3.8) is 0 Å². The maximum absolute atomic E-state index is 13.2. The molecule has 3 aromatic carbocycles. The SMILES string of the molecule is O=C(O)C1Cc2ccccc2CN1S(=O)(=O)c1ccc(Oc2ccccc2)cc1. The van der Waals surface area contributed by atoms with Gasteiger partial charge in [-0.25, -0.2) is 8.42 Å². The van der Waals surface area contributed by atoms with E-state index in [0.717, 1.165) is 15.4 Å². The molecule has 1 N–H and O–H groups in total. The summed E-state index contributed by atoms with van der Waals surface area (Å²) in [6.07, 6.45) is 0.139. The quantitative estimate of drug-likeness (QED) is 0.695. The molecule has 4 rings (SSSR count). The number of carboxylic acids is 1. The fraction of sp³-hybridized carbons (Fsp3) is 0.136. The summed E-state index contributed by atoms with van der Waals surface area (Å²) in [4.78, 5) is 11.8. The van der Waals surface area contributed by atoms with Gasteiger partial charge in [-0.1, -0.05) is 42.5 Å². The van der Waals surface area contributed by atoms with Gasteiger partial charge in [-0.2, -0.15) is 4.31 Å². The number of carboxylic acid groups (broad SMARTS) is 1. The summed E-state index contributed by atoms with van der Waals surface area (Å²) < 4.78 is 33.2. The van der Waals surface area contributed by atoms with Crippen molar-refractivity contribution in [2.75, 3.05) is 0 Å². The molecule has 3 aromatic rings. The molecule has 1 unspecified atom stereocenters. The monoisotopic (exact) mass is 409 g/mol. The molecule has 1 atom stereocenters. The van der Waals surface area contributed by atoms with E-state index >= 15 is 0 Å². The molecule has 0 saturated heterocycles. The molecule has 1 heterocycles. The summed E-state index contributed by atoms with van der Waals surface area (Å²) in [6, 6.07) is 21.3. The summed E-state index contributed by atoms with van der Waals surface area (Å²) in [6.45, 7) is 0.0255. The average molecular weight is 409 g/mol. The van der Waals surface area contributed by atoms with Gasteiger partial charge in [-0.05, 0) is 47.5 Å². The molecule has 0 radical (unpaired) electrons. The lowest BCUT2D eigenvalue weighted by Crippen LogP contribution is -2.48. The minimum absolute atomic E-state index is 0.0255. The molecule has 0 aromatic heterocycles. The normalized spacial score (nSPS) is 16.8. The van der Waals surface area contributed by atoms with Crippen molar-refractivity contribution in [3.05, 3.63) is 90.0 Å². The molecule has 0 aliphatic carbocycles.